The lowest BCUT2D eigenvalue weighted by Gasteiger charge is -2.30. The van der Waals surface area contributed by atoms with Gasteiger partial charge in [-0.25, -0.2) is 0 Å². The molecule has 2 atom stereocenters. The van der Waals surface area contributed by atoms with E-state index in [1.54, 1.807) is 0 Å². The molecule has 0 saturated carbocycles. The molecule has 0 radical (unpaired) electrons. The lowest BCUT2D eigenvalue weighted by molar-refractivity contribution is 0.0960. The van der Waals surface area contributed by atoms with E-state index in [0.29, 0.717) is 5.92 Å². The molecule has 1 heteroatoms. The number of ketones is 1. The summed E-state index contributed by atoms with van der Waals surface area (Å²) in [5.41, 5.74) is 22.5. The highest BCUT2D eigenvalue weighted by Crippen LogP contribution is 2.56. The molecule has 242 valence electrons. The molecule has 2 unspecified atom stereocenters. The van der Waals surface area contributed by atoms with Crippen LogP contribution in [-0.4, -0.2) is 5.78 Å². The molecule has 0 N–H and O–H groups in total. The summed E-state index contributed by atoms with van der Waals surface area (Å²) in [6.45, 7) is 4.66. The van der Waals surface area contributed by atoms with Crippen molar-refractivity contribution in [2.24, 2.45) is 0 Å². The molecule has 0 aliphatic heterocycles. The second-order valence-corrected chi connectivity index (χ2v) is 15.5. The third-order valence-corrected chi connectivity index (χ3v) is 12.6. The van der Waals surface area contributed by atoms with Gasteiger partial charge in [0.1, 0.15) is 0 Å². The molecule has 0 saturated heterocycles. The predicted octanol–water partition coefficient (Wildman–Crippen LogP) is 12.2. The third-order valence-electron chi connectivity index (χ3n) is 12.6. The average molecular weight is 653 g/mol. The monoisotopic (exact) mass is 652 g/mol. The average Bonchev–Trinajstić information content (AvgIpc) is 3.33. The van der Waals surface area contributed by atoms with Crippen molar-refractivity contribution in [2.75, 3.05) is 0 Å². The minimum absolute atomic E-state index is 0.126. The molecule has 0 aromatic heterocycles. The van der Waals surface area contributed by atoms with Crippen LogP contribution in [-0.2, 0) is 18.3 Å². The van der Waals surface area contributed by atoms with Crippen molar-refractivity contribution in [3.8, 4) is 55.6 Å². The van der Waals surface area contributed by atoms with E-state index in [1.807, 2.05) is 12.1 Å². The van der Waals surface area contributed by atoms with Gasteiger partial charge in [-0.05, 0) is 132 Å². The second kappa shape index (κ2) is 10.4. The number of hydrogen-bond donors (Lipinski definition) is 0. The summed E-state index contributed by atoms with van der Waals surface area (Å²) in [6.07, 6.45) is 1.72. The summed E-state index contributed by atoms with van der Waals surface area (Å²) >= 11 is 0. The van der Waals surface area contributed by atoms with E-state index < -0.39 is 0 Å². The summed E-state index contributed by atoms with van der Waals surface area (Å²) in [6, 6.07) is 53.8. The predicted molar refractivity (Wildman–Crippen MR) is 209 cm³/mol. The molecule has 0 fully saturated rings. The minimum atomic E-state index is -0.191. The van der Waals surface area contributed by atoms with E-state index in [-0.39, 0.29) is 17.1 Å². The summed E-state index contributed by atoms with van der Waals surface area (Å²) in [4.78, 5) is 14.6. The van der Waals surface area contributed by atoms with Gasteiger partial charge in [0, 0.05) is 16.9 Å². The van der Waals surface area contributed by atoms with Gasteiger partial charge in [-0.15, -0.1) is 0 Å². The van der Waals surface area contributed by atoms with Gasteiger partial charge < -0.3 is 0 Å². The van der Waals surface area contributed by atoms with Crippen molar-refractivity contribution in [3.63, 3.8) is 0 Å². The van der Waals surface area contributed by atoms with Crippen molar-refractivity contribution < 1.29 is 4.79 Å². The molecule has 4 aliphatic rings. The topological polar surface area (TPSA) is 17.1 Å². The SMILES string of the molecule is CC1(C)c2ccccc2-c2cc3c(cc21)C1Cc2c(cc(-c4ccc5c(c4)-c4ccccc4C(c4ccccc4)C5)cc2-3)-c2ccccc2C1=O. The fraction of sp³-hybridized carbons (Fsp3) is 0.140. The molecule has 11 rings (SSSR count). The molecule has 1 nitrogen and oxygen atoms in total. The van der Waals surface area contributed by atoms with E-state index >= 15 is 0 Å². The van der Waals surface area contributed by atoms with Gasteiger partial charge in [-0.1, -0.05) is 135 Å². The first kappa shape index (κ1) is 29.0. The number of benzene rings is 7. The van der Waals surface area contributed by atoms with E-state index in [4.69, 9.17) is 0 Å². The van der Waals surface area contributed by atoms with E-state index in [2.05, 4.69) is 147 Å². The number of carbonyl (C=O) groups excluding carboxylic acids is 1. The maximum Gasteiger partial charge on any atom is 0.171 e. The first-order valence-electron chi connectivity index (χ1n) is 18.3. The quantitative estimate of drug-likeness (QED) is 0.182. The third kappa shape index (κ3) is 4.01. The van der Waals surface area contributed by atoms with Crippen LogP contribution in [0.1, 0.15) is 75.0 Å². The summed E-state index contributed by atoms with van der Waals surface area (Å²) in [5.74, 6) is 0.387. The zero-order chi connectivity index (χ0) is 34.0. The molecule has 0 spiro atoms. The van der Waals surface area contributed by atoms with E-state index in [0.717, 1.165) is 24.0 Å². The van der Waals surface area contributed by atoms with Crippen molar-refractivity contribution >= 4 is 5.78 Å². The smallest absolute Gasteiger partial charge is 0.171 e. The largest absolute Gasteiger partial charge is 0.293 e. The van der Waals surface area contributed by atoms with Gasteiger partial charge in [0.2, 0.25) is 0 Å². The fourth-order valence-corrected chi connectivity index (χ4v) is 10.0. The Hall–Kier alpha value is -5.79. The van der Waals surface area contributed by atoms with Gasteiger partial charge in [-0.3, -0.25) is 4.79 Å². The van der Waals surface area contributed by atoms with Crippen LogP contribution in [0.2, 0.25) is 0 Å². The van der Waals surface area contributed by atoms with Crippen LogP contribution < -0.4 is 0 Å². The summed E-state index contributed by atoms with van der Waals surface area (Å²) in [5, 5.41) is 0. The van der Waals surface area contributed by atoms with E-state index in [9.17, 15) is 4.79 Å². The lowest BCUT2D eigenvalue weighted by atomic mass is 9.72. The summed E-state index contributed by atoms with van der Waals surface area (Å²) < 4.78 is 0. The highest BCUT2D eigenvalue weighted by molar-refractivity contribution is 6.11. The zero-order valence-electron chi connectivity index (χ0n) is 28.8. The van der Waals surface area contributed by atoms with Crippen molar-refractivity contribution in [1.82, 2.24) is 0 Å². The molecule has 4 aliphatic carbocycles. The molecule has 2 bridgehead atoms. The number of rotatable bonds is 2. The van der Waals surface area contributed by atoms with Crippen LogP contribution in [0.5, 0.6) is 0 Å². The van der Waals surface area contributed by atoms with Gasteiger partial charge in [0.05, 0.1) is 5.92 Å². The molecule has 0 amide bonds. The van der Waals surface area contributed by atoms with Crippen LogP contribution in [0, 0.1) is 0 Å². The maximum absolute atomic E-state index is 14.6. The molecule has 51 heavy (non-hydrogen) atoms. The lowest BCUT2D eigenvalue weighted by Crippen LogP contribution is -2.21. The number of fused-ring (bicyclic) bond motifs is 12. The Morgan fingerprint density at radius 3 is 1.94 bits per heavy atom. The normalized spacial score (nSPS) is 18.0. The van der Waals surface area contributed by atoms with Gasteiger partial charge in [0.25, 0.3) is 0 Å². The molecule has 0 heterocycles. The van der Waals surface area contributed by atoms with Crippen LogP contribution >= 0.6 is 0 Å². The van der Waals surface area contributed by atoms with E-state index in [1.165, 1.54) is 89.0 Å². The Morgan fingerprint density at radius 2 is 1.12 bits per heavy atom. The number of carbonyl (C=O) groups is 1. The standard InChI is InChI=1S/C50H36O/c1-50(2)47-19-11-10-17-36(47)45-26-42-41-25-32(24-40-35-16-8-9-18-37(35)49(51)46(27-43(40)41)44(42)28-48(45)50)30-20-21-31-23-38(29-12-4-3-5-13-29)33-14-6-7-15-34(33)39(31)22-30/h3-22,24-26,28,38,46H,23,27H2,1-2H3. The minimum Gasteiger partial charge on any atom is -0.293 e. The van der Waals surface area contributed by atoms with Gasteiger partial charge in [-0.2, -0.15) is 0 Å². The molecule has 7 aromatic carbocycles. The number of Topliss-reactive ketones (excluding diaryl/α,β-unsaturated/α-hetero) is 1. The molecular formula is C50H36O. The van der Waals surface area contributed by atoms with Crippen molar-refractivity contribution in [3.05, 3.63) is 190 Å². The zero-order valence-corrected chi connectivity index (χ0v) is 28.8. The Labute approximate surface area is 299 Å². The van der Waals surface area contributed by atoms with Gasteiger partial charge >= 0.3 is 0 Å². The van der Waals surface area contributed by atoms with Crippen molar-refractivity contribution in [1.29, 1.82) is 0 Å². The summed E-state index contributed by atoms with van der Waals surface area (Å²) in [7, 11) is 0. The van der Waals surface area contributed by atoms with Gasteiger partial charge in [0.15, 0.2) is 5.78 Å². The second-order valence-electron chi connectivity index (χ2n) is 15.5. The van der Waals surface area contributed by atoms with Crippen LogP contribution in [0.3, 0.4) is 0 Å². The first-order valence-corrected chi connectivity index (χ1v) is 18.3. The number of hydrogen-bond acceptors (Lipinski definition) is 1. The molecule has 7 aromatic rings. The highest BCUT2D eigenvalue weighted by Gasteiger charge is 2.41. The Morgan fingerprint density at radius 1 is 0.451 bits per heavy atom. The van der Waals surface area contributed by atoms with Crippen molar-refractivity contribution in [2.45, 2.75) is 43.9 Å². The first-order chi connectivity index (χ1) is 25.0. The van der Waals surface area contributed by atoms with Crippen LogP contribution in [0.25, 0.3) is 55.6 Å². The Balaban J connectivity index is 1.14. The molecular weight excluding hydrogens is 617 g/mol. The highest BCUT2D eigenvalue weighted by atomic mass is 16.1. The van der Waals surface area contributed by atoms with Crippen LogP contribution in [0.15, 0.2) is 146 Å². The maximum atomic E-state index is 14.6. The fourth-order valence-electron chi connectivity index (χ4n) is 10.0. The Bertz CT molecular complexity index is 2640. The van der Waals surface area contributed by atoms with Crippen LogP contribution in [0.4, 0.5) is 0 Å². The Kier molecular flexibility index (Phi) is 5.90.